The van der Waals surface area contributed by atoms with Gasteiger partial charge in [-0.05, 0) is 48.5 Å². The third kappa shape index (κ3) is 4.15. The summed E-state index contributed by atoms with van der Waals surface area (Å²) >= 11 is 0. The van der Waals surface area contributed by atoms with Crippen LogP contribution in [0.2, 0.25) is 0 Å². The Morgan fingerprint density at radius 3 is 2.44 bits per heavy atom. The molecule has 3 aromatic rings. The van der Waals surface area contributed by atoms with Gasteiger partial charge in [0.1, 0.15) is 17.3 Å². The van der Waals surface area contributed by atoms with Crippen molar-refractivity contribution < 1.29 is 22.3 Å². The van der Waals surface area contributed by atoms with Crippen molar-refractivity contribution in [3.8, 4) is 17.1 Å². The second kappa shape index (κ2) is 6.93. The van der Waals surface area contributed by atoms with Gasteiger partial charge in [-0.2, -0.15) is 13.2 Å². The zero-order valence-corrected chi connectivity index (χ0v) is 13.4. The van der Waals surface area contributed by atoms with E-state index in [1.807, 2.05) is 24.3 Å². The maximum Gasteiger partial charge on any atom is 0.416 e. The molecular weight excluding hydrogens is 331 g/mol. The summed E-state index contributed by atoms with van der Waals surface area (Å²) in [6, 6.07) is 15.9. The minimum Gasteiger partial charge on any atom is -0.497 e. The molecular formula is C19H16F3NO2. The number of furan rings is 1. The molecule has 0 unspecified atom stereocenters. The third-order valence-electron chi connectivity index (χ3n) is 3.69. The molecule has 3 nitrogen and oxygen atoms in total. The van der Waals surface area contributed by atoms with E-state index in [0.717, 1.165) is 23.6 Å². The second-order valence-corrected chi connectivity index (χ2v) is 5.43. The fourth-order valence-corrected chi connectivity index (χ4v) is 2.37. The van der Waals surface area contributed by atoms with Gasteiger partial charge in [0.25, 0.3) is 0 Å². The summed E-state index contributed by atoms with van der Waals surface area (Å²) in [7, 11) is 1.60. The number of methoxy groups -OCH3 is 1. The lowest BCUT2D eigenvalue weighted by molar-refractivity contribution is -0.137. The smallest absolute Gasteiger partial charge is 0.416 e. The molecule has 0 aliphatic heterocycles. The zero-order chi connectivity index (χ0) is 17.9. The first-order chi connectivity index (χ1) is 12.0. The Labute approximate surface area is 143 Å². The lowest BCUT2D eigenvalue weighted by Crippen LogP contribution is -2.04. The molecule has 0 aliphatic rings. The lowest BCUT2D eigenvalue weighted by Gasteiger charge is -2.07. The van der Waals surface area contributed by atoms with Gasteiger partial charge in [-0.25, -0.2) is 0 Å². The van der Waals surface area contributed by atoms with E-state index in [1.165, 1.54) is 6.07 Å². The van der Waals surface area contributed by atoms with Crippen LogP contribution >= 0.6 is 0 Å². The highest BCUT2D eigenvalue weighted by molar-refractivity contribution is 5.59. The minimum atomic E-state index is -4.37. The van der Waals surface area contributed by atoms with Crippen LogP contribution in [0.15, 0.2) is 65.1 Å². The summed E-state index contributed by atoms with van der Waals surface area (Å²) in [5, 5.41) is 3.18. The van der Waals surface area contributed by atoms with Crippen LogP contribution in [0.3, 0.4) is 0 Å². The molecule has 0 spiro atoms. The minimum absolute atomic E-state index is 0.394. The van der Waals surface area contributed by atoms with Crippen molar-refractivity contribution in [1.82, 2.24) is 0 Å². The molecule has 0 aliphatic carbocycles. The van der Waals surface area contributed by atoms with Gasteiger partial charge >= 0.3 is 6.18 Å². The number of alkyl halides is 3. The van der Waals surface area contributed by atoms with Crippen LogP contribution in [0.1, 0.15) is 11.3 Å². The molecule has 6 heteroatoms. The molecule has 0 fully saturated rings. The normalized spacial score (nSPS) is 11.4. The van der Waals surface area contributed by atoms with Crippen LogP contribution in [0.5, 0.6) is 5.75 Å². The topological polar surface area (TPSA) is 34.4 Å². The number of anilines is 1. The molecule has 0 atom stereocenters. The van der Waals surface area contributed by atoms with E-state index in [9.17, 15) is 13.2 Å². The Bertz CT molecular complexity index is 838. The molecule has 2 aromatic carbocycles. The van der Waals surface area contributed by atoms with Crippen molar-refractivity contribution in [3.05, 3.63) is 72.0 Å². The number of hydrogen-bond acceptors (Lipinski definition) is 3. The summed E-state index contributed by atoms with van der Waals surface area (Å²) in [6.07, 6.45) is -4.37. The molecule has 0 amide bonds. The van der Waals surface area contributed by atoms with Crippen molar-refractivity contribution in [2.45, 2.75) is 12.7 Å². The standard InChI is InChI=1S/C19H16F3NO2/c1-24-16-7-5-15(6-8-16)23-12-17-9-10-18(25-17)13-3-2-4-14(11-13)19(20,21)22/h2-11,23H,12H2,1H3. The Morgan fingerprint density at radius 2 is 1.76 bits per heavy atom. The van der Waals surface area contributed by atoms with Gasteiger partial charge < -0.3 is 14.5 Å². The molecule has 1 N–H and O–H groups in total. The summed E-state index contributed by atoms with van der Waals surface area (Å²) < 4.78 is 49.1. The highest BCUT2D eigenvalue weighted by atomic mass is 19.4. The van der Waals surface area contributed by atoms with Crippen LogP contribution < -0.4 is 10.1 Å². The average molecular weight is 347 g/mol. The highest BCUT2D eigenvalue weighted by Crippen LogP contribution is 2.32. The van der Waals surface area contributed by atoms with Gasteiger partial charge in [0.2, 0.25) is 0 Å². The molecule has 0 saturated heterocycles. The van der Waals surface area contributed by atoms with E-state index in [0.29, 0.717) is 23.6 Å². The summed E-state index contributed by atoms with van der Waals surface area (Å²) in [5.74, 6) is 1.79. The van der Waals surface area contributed by atoms with E-state index in [-0.39, 0.29) is 0 Å². The Hall–Kier alpha value is -2.89. The van der Waals surface area contributed by atoms with E-state index in [4.69, 9.17) is 9.15 Å². The molecule has 1 aromatic heterocycles. The molecule has 0 bridgehead atoms. The molecule has 0 saturated carbocycles. The van der Waals surface area contributed by atoms with Crippen LogP contribution in [-0.4, -0.2) is 7.11 Å². The van der Waals surface area contributed by atoms with Crippen LogP contribution in [0.4, 0.5) is 18.9 Å². The quantitative estimate of drug-likeness (QED) is 0.654. The summed E-state index contributed by atoms with van der Waals surface area (Å²) in [5.41, 5.74) is 0.586. The monoisotopic (exact) mass is 347 g/mol. The third-order valence-corrected chi connectivity index (χ3v) is 3.69. The number of hydrogen-bond donors (Lipinski definition) is 1. The number of nitrogens with one attached hydrogen (secondary N) is 1. The molecule has 25 heavy (non-hydrogen) atoms. The lowest BCUT2D eigenvalue weighted by atomic mass is 10.1. The molecule has 0 radical (unpaired) electrons. The van der Waals surface area contributed by atoms with Gasteiger partial charge in [-0.15, -0.1) is 0 Å². The zero-order valence-electron chi connectivity index (χ0n) is 13.4. The molecule has 3 rings (SSSR count). The average Bonchev–Trinajstić information content (AvgIpc) is 3.09. The Kier molecular flexibility index (Phi) is 4.70. The van der Waals surface area contributed by atoms with Crippen LogP contribution in [0, 0.1) is 0 Å². The van der Waals surface area contributed by atoms with Crippen LogP contribution in [0.25, 0.3) is 11.3 Å². The summed E-state index contributed by atoms with van der Waals surface area (Å²) in [4.78, 5) is 0. The van der Waals surface area contributed by atoms with Gasteiger partial charge in [0, 0.05) is 11.3 Å². The highest BCUT2D eigenvalue weighted by Gasteiger charge is 2.30. The Balaban J connectivity index is 1.70. The van der Waals surface area contributed by atoms with Crippen LogP contribution in [-0.2, 0) is 12.7 Å². The fourth-order valence-electron chi connectivity index (χ4n) is 2.37. The van der Waals surface area contributed by atoms with Crippen molar-refractivity contribution in [2.75, 3.05) is 12.4 Å². The number of ether oxygens (including phenoxy) is 1. The Morgan fingerprint density at radius 1 is 1.00 bits per heavy atom. The van der Waals surface area contributed by atoms with Gasteiger partial charge in [-0.1, -0.05) is 12.1 Å². The van der Waals surface area contributed by atoms with Crippen molar-refractivity contribution in [1.29, 1.82) is 0 Å². The van der Waals surface area contributed by atoms with Crippen molar-refractivity contribution in [2.24, 2.45) is 0 Å². The largest absolute Gasteiger partial charge is 0.497 e. The number of benzene rings is 2. The van der Waals surface area contributed by atoms with Gasteiger partial charge in [-0.3, -0.25) is 0 Å². The fraction of sp³-hybridized carbons (Fsp3) is 0.158. The van der Waals surface area contributed by atoms with Gasteiger partial charge in [0.15, 0.2) is 0 Å². The maximum absolute atomic E-state index is 12.8. The first kappa shape index (κ1) is 17.0. The van der Waals surface area contributed by atoms with Crippen molar-refractivity contribution >= 4 is 5.69 Å². The second-order valence-electron chi connectivity index (χ2n) is 5.43. The van der Waals surface area contributed by atoms with E-state index in [2.05, 4.69) is 5.32 Å². The molecule has 130 valence electrons. The van der Waals surface area contributed by atoms with E-state index >= 15 is 0 Å². The number of rotatable bonds is 5. The van der Waals surface area contributed by atoms with E-state index in [1.54, 1.807) is 25.3 Å². The first-order valence-corrected chi connectivity index (χ1v) is 7.60. The first-order valence-electron chi connectivity index (χ1n) is 7.60. The number of halogens is 3. The predicted octanol–water partition coefficient (Wildman–Crippen LogP) is 5.59. The summed E-state index contributed by atoms with van der Waals surface area (Å²) in [6.45, 7) is 0.422. The van der Waals surface area contributed by atoms with Gasteiger partial charge in [0.05, 0.1) is 19.2 Å². The maximum atomic E-state index is 12.8. The van der Waals surface area contributed by atoms with Crippen molar-refractivity contribution in [3.63, 3.8) is 0 Å². The van der Waals surface area contributed by atoms with E-state index < -0.39 is 11.7 Å². The SMILES string of the molecule is COc1ccc(NCc2ccc(-c3cccc(C(F)(F)F)c3)o2)cc1. The predicted molar refractivity (Wildman–Crippen MR) is 89.5 cm³/mol. The molecule has 1 heterocycles.